The number of ether oxygens (including phenoxy) is 4. The van der Waals surface area contributed by atoms with E-state index < -0.39 is 23.9 Å². The monoisotopic (exact) mass is 514 g/mol. The maximum atomic E-state index is 12.4. The fourth-order valence-electron chi connectivity index (χ4n) is 3.18. The predicted octanol–water partition coefficient (Wildman–Crippen LogP) is 4.67. The van der Waals surface area contributed by atoms with Crippen LogP contribution in [-0.4, -0.2) is 37.1 Å². The minimum atomic E-state index is -0.543. The van der Waals surface area contributed by atoms with E-state index >= 15 is 0 Å². The topological polar surface area (TPSA) is 105 Å². The maximum absolute atomic E-state index is 12.4. The van der Waals surface area contributed by atoms with Gasteiger partial charge in [0.15, 0.2) is 0 Å². The molecule has 0 saturated carbocycles. The first kappa shape index (κ1) is 27.6. The number of benzene rings is 3. The summed E-state index contributed by atoms with van der Waals surface area (Å²) in [6.07, 6.45) is 3.22. The molecule has 0 aliphatic rings. The van der Waals surface area contributed by atoms with Crippen LogP contribution in [0.3, 0.4) is 0 Å². The van der Waals surface area contributed by atoms with Crippen molar-refractivity contribution in [3.8, 4) is 11.5 Å². The highest BCUT2D eigenvalue weighted by molar-refractivity contribution is 5.92. The van der Waals surface area contributed by atoms with Gasteiger partial charge in [0.1, 0.15) is 11.5 Å². The average Bonchev–Trinajstić information content (AvgIpc) is 2.94. The molecule has 0 aliphatic carbocycles. The first-order chi connectivity index (χ1) is 18.4. The summed E-state index contributed by atoms with van der Waals surface area (Å²) in [6, 6.07) is 19.6. The van der Waals surface area contributed by atoms with Gasteiger partial charge in [-0.05, 0) is 59.7 Å². The second-order valence-electron chi connectivity index (χ2n) is 7.89. The van der Waals surface area contributed by atoms with E-state index in [0.29, 0.717) is 24.0 Å². The van der Waals surface area contributed by atoms with Crippen LogP contribution in [0.1, 0.15) is 31.8 Å². The van der Waals surface area contributed by atoms with Crippen LogP contribution in [0, 0.1) is 0 Å². The molecule has 0 saturated heterocycles. The van der Waals surface area contributed by atoms with Crippen LogP contribution in [-0.2, 0) is 31.9 Å². The highest BCUT2D eigenvalue weighted by Gasteiger charge is 2.12. The van der Waals surface area contributed by atoms with Crippen molar-refractivity contribution in [2.75, 3.05) is 13.2 Å². The molecule has 3 rings (SSSR count). The number of rotatable bonds is 12. The molecule has 3 aromatic carbocycles. The van der Waals surface area contributed by atoms with Crippen molar-refractivity contribution in [3.05, 3.63) is 120 Å². The molecule has 0 radical (unpaired) electrons. The Kier molecular flexibility index (Phi) is 10.1. The minimum absolute atomic E-state index is 0.214. The molecule has 3 aromatic rings. The number of carbonyl (C=O) groups is 4. The highest BCUT2D eigenvalue weighted by Crippen LogP contribution is 2.20. The lowest BCUT2D eigenvalue weighted by atomic mass is 10.1. The summed E-state index contributed by atoms with van der Waals surface area (Å²) in [5, 5.41) is 0. The average molecular weight is 515 g/mol. The third-order valence-corrected chi connectivity index (χ3v) is 5.23. The standard InChI is InChI=1S/C30H26O8/c1-3-27(31)35-19-17-21-5-9-23(10-6-21)29(33)37-25-13-15-26(16-14-25)38-30(34)24-11-7-22(8-12-24)18-20-36-28(32)4-2/h3-16H,1-2,17-20H2. The van der Waals surface area contributed by atoms with E-state index in [1.807, 2.05) is 0 Å². The van der Waals surface area contributed by atoms with Crippen LogP contribution in [0.15, 0.2) is 98.1 Å². The Labute approximate surface area is 220 Å². The fraction of sp³-hybridized carbons (Fsp3) is 0.133. The van der Waals surface area contributed by atoms with E-state index in [4.69, 9.17) is 18.9 Å². The molecule has 0 amide bonds. The van der Waals surface area contributed by atoms with Crippen molar-refractivity contribution in [1.29, 1.82) is 0 Å². The lowest BCUT2D eigenvalue weighted by Crippen LogP contribution is -2.10. The van der Waals surface area contributed by atoms with Crippen molar-refractivity contribution in [2.45, 2.75) is 12.8 Å². The summed E-state index contributed by atoms with van der Waals surface area (Å²) in [6.45, 7) is 7.10. The van der Waals surface area contributed by atoms with E-state index in [1.54, 1.807) is 48.5 Å². The molecule has 0 atom stereocenters. The quantitative estimate of drug-likeness (QED) is 0.195. The molecule has 8 nitrogen and oxygen atoms in total. The van der Waals surface area contributed by atoms with E-state index in [1.165, 1.54) is 24.3 Å². The van der Waals surface area contributed by atoms with Gasteiger partial charge in [0, 0.05) is 25.0 Å². The normalized spacial score (nSPS) is 10.1. The molecule has 8 heteroatoms. The van der Waals surface area contributed by atoms with Crippen LogP contribution in [0.25, 0.3) is 0 Å². The Bertz CT molecular complexity index is 1190. The zero-order valence-corrected chi connectivity index (χ0v) is 20.6. The summed E-state index contributed by atoms with van der Waals surface area (Å²) >= 11 is 0. The summed E-state index contributed by atoms with van der Waals surface area (Å²) in [5.74, 6) is -1.48. The van der Waals surface area contributed by atoms with Gasteiger partial charge in [-0.1, -0.05) is 37.4 Å². The minimum Gasteiger partial charge on any atom is -0.462 e. The van der Waals surface area contributed by atoms with Gasteiger partial charge in [-0.25, -0.2) is 19.2 Å². The largest absolute Gasteiger partial charge is 0.462 e. The van der Waals surface area contributed by atoms with Gasteiger partial charge in [-0.2, -0.15) is 0 Å². The Hall–Kier alpha value is -4.98. The second-order valence-corrected chi connectivity index (χ2v) is 7.89. The zero-order valence-electron chi connectivity index (χ0n) is 20.6. The zero-order chi connectivity index (χ0) is 27.3. The van der Waals surface area contributed by atoms with Crippen LogP contribution in [0.2, 0.25) is 0 Å². The Balaban J connectivity index is 1.47. The SMILES string of the molecule is C=CC(=O)OCCc1ccc(C(=O)Oc2ccc(OC(=O)c3ccc(CCOC(=O)C=C)cc3)cc2)cc1. The van der Waals surface area contributed by atoms with Gasteiger partial charge in [0.05, 0.1) is 24.3 Å². The molecule has 0 spiro atoms. The fourth-order valence-corrected chi connectivity index (χ4v) is 3.18. The molecular formula is C30H26O8. The van der Waals surface area contributed by atoms with Gasteiger partial charge in [0.2, 0.25) is 0 Å². The summed E-state index contributed by atoms with van der Waals surface area (Å²) < 4.78 is 20.6. The van der Waals surface area contributed by atoms with Crippen molar-refractivity contribution in [2.24, 2.45) is 0 Å². The Morgan fingerprint density at radius 1 is 0.553 bits per heavy atom. The van der Waals surface area contributed by atoms with Gasteiger partial charge >= 0.3 is 23.9 Å². The van der Waals surface area contributed by atoms with Crippen LogP contribution in [0.4, 0.5) is 0 Å². The molecule has 0 N–H and O–H groups in total. The van der Waals surface area contributed by atoms with Crippen LogP contribution >= 0.6 is 0 Å². The third kappa shape index (κ3) is 8.60. The van der Waals surface area contributed by atoms with Crippen molar-refractivity contribution >= 4 is 23.9 Å². The van der Waals surface area contributed by atoms with Gasteiger partial charge in [-0.15, -0.1) is 0 Å². The molecule has 0 unspecified atom stereocenters. The molecule has 0 bridgehead atoms. The van der Waals surface area contributed by atoms with E-state index in [9.17, 15) is 19.2 Å². The molecule has 0 aromatic heterocycles. The first-order valence-electron chi connectivity index (χ1n) is 11.7. The number of carbonyl (C=O) groups excluding carboxylic acids is 4. The summed E-state index contributed by atoms with van der Waals surface area (Å²) in [4.78, 5) is 47.0. The lowest BCUT2D eigenvalue weighted by molar-refractivity contribution is -0.138. The molecule has 38 heavy (non-hydrogen) atoms. The van der Waals surface area contributed by atoms with Crippen LogP contribution < -0.4 is 9.47 Å². The highest BCUT2D eigenvalue weighted by atomic mass is 16.5. The third-order valence-electron chi connectivity index (χ3n) is 5.23. The molecule has 194 valence electrons. The molecule has 0 heterocycles. The smallest absolute Gasteiger partial charge is 0.343 e. The summed E-state index contributed by atoms with van der Waals surface area (Å²) in [5.41, 5.74) is 2.51. The van der Waals surface area contributed by atoms with E-state index in [0.717, 1.165) is 23.3 Å². The predicted molar refractivity (Wildman–Crippen MR) is 139 cm³/mol. The van der Waals surface area contributed by atoms with Gasteiger partial charge in [0.25, 0.3) is 0 Å². The molecule has 0 fully saturated rings. The van der Waals surface area contributed by atoms with Crippen molar-refractivity contribution in [3.63, 3.8) is 0 Å². The second kappa shape index (κ2) is 13.9. The van der Waals surface area contributed by atoms with E-state index in [2.05, 4.69) is 13.2 Å². The van der Waals surface area contributed by atoms with E-state index in [-0.39, 0.29) is 24.7 Å². The first-order valence-corrected chi connectivity index (χ1v) is 11.7. The number of hydrogen-bond acceptors (Lipinski definition) is 8. The number of hydrogen-bond donors (Lipinski definition) is 0. The van der Waals surface area contributed by atoms with Gasteiger partial charge in [-0.3, -0.25) is 0 Å². The van der Waals surface area contributed by atoms with Gasteiger partial charge < -0.3 is 18.9 Å². The van der Waals surface area contributed by atoms with Crippen molar-refractivity contribution in [1.82, 2.24) is 0 Å². The Morgan fingerprint density at radius 2 is 0.895 bits per heavy atom. The number of esters is 4. The lowest BCUT2D eigenvalue weighted by Gasteiger charge is -2.08. The summed E-state index contributed by atoms with van der Waals surface area (Å²) in [7, 11) is 0. The van der Waals surface area contributed by atoms with Crippen LogP contribution in [0.5, 0.6) is 11.5 Å². The molecular weight excluding hydrogens is 488 g/mol. The molecule has 0 aliphatic heterocycles. The Morgan fingerprint density at radius 3 is 1.21 bits per heavy atom. The van der Waals surface area contributed by atoms with Crippen molar-refractivity contribution < 1.29 is 38.1 Å². The maximum Gasteiger partial charge on any atom is 0.343 e.